The average Bonchev–Trinajstić information content (AvgIpc) is 2.52. The first-order valence-corrected chi connectivity index (χ1v) is 7.63. The highest BCUT2D eigenvalue weighted by Crippen LogP contribution is 2.34. The van der Waals surface area contributed by atoms with Crippen LogP contribution in [0.4, 0.5) is 13.2 Å². The Hall–Kier alpha value is -1.53. The van der Waals surface area contributed by atoms with E-state index < -0.39 is 17.7 Å². The fraction of sp³-hybridized carbons (Fsp3) is 0.438. The monoisotopic (exact) mass is 347 g/mol. The highest BCUT2D eigenvalue weighted by molar-refractivity contribution is 6.30. The smallest absolute Gasteiger partial charge is 0.396 e. The van der Waals surface area contributed by atoms with Gasteiger partial charge in [0.25, 0.3) is 0 Å². The molecule has 0 bridgehead atoms. The van der Waals surface area contributed by atoms with Crippen molar-refractivity contribution in [1.29, 1.82) is 0 Å². The molecule has 1 unspecified atom stereocenters. The van der Waals surface area contributed by atoms with Crippen molar-refractivity contribution in [1.82, 2.24) is 4.90 Å². The second kappa shape index (κ2) is 7.36. The van der Waals surface area contributed by atoms with Crippen LogP contribution in [0.2, 0.25) is 5.02 Å². The van der Waals surface area contributed by atoms with E-state index in [9.17, 15) is 18.0 Å². The van der Waals surface area contributed by atoms with E-state index in [0.717, 1.165) is 6.42 Å². The van der Waals surface area contributed by atoms with Crippen molar-refractivity contribution in [2.75, 3.05) is 19.7 Å². The molecule has 1 N–H and O–H groups in total. The minimum absolute atomic E-state index is 0.0726. The van der Waals surface area contributed by atoms with Crippen LogP contribution in [0, 0.1) is 5.92 Å². The third-order valence-corrected chi connectivity index (χ3v) is 4.07. The van der Waals surface area contributed by atoms with Gasteiger partial charge < -0.3 is 10.0 Å². The number of hydrogen-bond donors (Lipinski definition) is 1. The zero-order valence-corrected chi connectivity index (χ0v) is 13.1. The molecular weight excluding hydrogens is 331 g/mol. The first kappa shape index (κ1) is 17.8. The summed E-state index contributed by atoms with van der Waals surface area (Å²) < 4.78 is 39.8. The van der Waals surface area contributed by atoms with Crippen LogP contribution in [0.25, 0.3) is 5.57 Å². The van der Waals surface area contributed by atoms with E-state index in [0.29, 0.717) is 24.1 Å². The maximum atomic E-state index is 13.3. The fourth-order valence-electron chi connectivity index (χ4n) is 2.59. The number of carbonyl (C=O) groups is 1. The second-order valence-electron chi connectivity index (χ2n) is 5.54. The number of halogens is 4. The Morgan fingerprint density at radius 3 is 2.57 bits per heavy atom. The standard InChI is InChI=1S/C16H17ClF3NO2/c17-13-5-3-12(4-6-13)14(16(18,19)20)8-15(23)21-7-1-2-11(9-21)10-22/h3-6,8,11,22H,1-2,7,9-10H2/b14-8-. The molecule has 1 atom stereocenters. The van der Waals surface area contributed by atoms with E-state index in [2.05, 4.69) is 0 Å². The molecule has 0 spiro atoms. The Morgan fingerprint density at radius 2 is 2.00 bits per heavy atom. The molecule has 1 aliphatic rings. The minimum atomic E-state index is -4.64. The maximum absolute atomic E-state index is 13.3. The Labute approximate surface area is 137 Å². The lowest BCUT2D eigenvalue weighted by Gasteiger charge is -2.31. The van der Waals surface area contributed by atoms with Crippen LogP contribution in [-0.4, -0.2) is 41.8 Å². The van der Waals surface area contributed by atoms with Gasteiger partial charge in [-0.1, -0.05) is 23.7 Å². The van der Waals surface area contributed by atoms with Gasteiger partial charge in [-0.3, -0.25) is 4.79 Å². The highest BCUT2D eigenvalue weighted by Gasteiger charge is 2.36. The largest absolute Gasteiger partial charge is 0.417 e. The van der Waals surface area contributed by atoms with Crippen molar-refractivity contribution < 1.29 is 23.1 Å². The average molecular weight is 348 g/mol. The number of carbonyl (C=O) groups excluding carboxylic acids is 1. The molecule has 1 aromatic carbocycles. The van der Waals surface area contributed by atoms with Crippen molar-refractivity contribution >= 4 is 23.1 Å². The number of hydrogen-bond acceptors (Lipinski definition) is 2. The fourth-order valence-corrected chi connectivity index (χ4v) is 2.71. The summed E-state index contributed by atoms with van der Waals surface area (Å²) in [6.45, 7) is 0.603. The molecule has 3 nitrogen and oxygen atoms in total. The molecule has 126 valence electrons. The first-order valence-electron chi connectivity index (χ1n) is 7.26. The van der Waals surface area contributed by atoms with E-state index in [1.54, 1.807) is 0 Å². The van der Waals surface area contributed by atoms with Crippen LogP contribution in [-0.2, 0) is 4.79 Å². The quantitative estimate of drug-likeness (QED) is 0.850. The van der Waals surface area contributed by atoms with Gasteiger partial charge in [-0.15, -0.1) is 0 Å². The van der Waals surface area contributed by atoms with Gasteiger partial charge in [-0.25, -0.2) is 0 Å². The number of amides is 1. The Kier molecular flexibility index (Phi) is 5.70. The summed E-state index contributed by atoms with van der Waals surface area (Å²) in [6, 6.07) is 5.18. The Balaban J connectivity index is 2.26. The summed E-state index contributed by atoms with van der Waals surface area (Å²) in [6.07, 6.45) is -2.57. The third-order valence-electron chi connectivity index (χ3n) is 3.82. The molecule has 23 heavy (non-hydrogen) atoms. The second-order valence-corrected chi connectivity index (χ2v) is 5.97. The van der Waals surface area contributed by atoms with Gasteiger partial charge in [-0.05, 0) is 36.5 Å². The first-order chi connectivity index (χ1) is 10.8. The van der Waals surface area contributed by atoms with Gasteiger partial charge in [0, 0.05) is 30.8 Å². The molecule has 0 saturated carbocycles. The van der Waals surface area contributed by atoms with Crippen LogP contribution in [0.15, 0.2) is 30.3 Å². The van der Waals surface area contributed by atoms with Gasteiger partial charge >= 0.3 is 6.18 Å². The number of piperidine rings is 1. The van der Waals surface area contributed by atoms with Gasteiger partial charge in [0.05, 0.1) is 5.57 Å². The number of nitrogens with zero attached hydrogens (tertiary/aromatic N) is 1. The van der Waals surface area contributed by atoms with Crippen molar-refractivity contribution in [3.8, 4) is 0 Å². The molecule has 1 saturated heterocycles. The summed E-state index contributed by atoms with van der Waals surface area (Å²) in [7, 11) is 0. The third kappa shape index (κ3) is 4.72. The van der Waals surface area contributed by atoms with Gasteiger partial charge in [-0.2, -0.15) is 13.2 Å². The van der Waals surface area contributed by atoms with E-state index in [1.165, 1.54) is 29.2 Å². The Bertz CT molecular complexity index is 584. The summed E-state index contributed by atoms with van der Waals surface area (Å²) in [5, 5.41) is 9.48. The van der Waals surface area contributed by atoms with E-state index in [-0.39, 0.29) is 24.6 Å². The summed E-state index contributed by atoms with van der Waals surface area (Å²) in [5.74, 6) is -0.767. The number of rotatable bonds is 3. The molecule has 1 heterocycles. The molecule has 2 rings (SSSR count). The van der Waals surface area contributed by atoms with Gasteiger partial charge in [0.2, 0.25) is 5.91 Å². The van der Waals surface area contributed by atoms with Crippen molar-refractivity contribution in [2.45, 2.75) is 19.0 Å². The van der Waals surface area contributed by atoms with Crippen LogP contribution >= 0.6 is 11.6 Å². The number of benzene rings is 1. The Morgan fingerprint density at radius 1 is 1.35 bits per heavy atom. The summed E-state index contributed by atoms with van der Waals surface area (Å²) in [4.78, 5) is 13.6. The van der Waals surface area contributed by atoms with Crippen molar-refractivity contribution in [3.63, 3.8) is 0 Å². The summed E-state index contributed by atoms with van der Waals surface area (Å²) in [5.41, 5.74) is -1.10. The summed E-state index contributed by atoms with van der Waals surface area (Å²) >= 11 is 5.69. The maximum Gasteiger partial charge on any atom is 0.417 e. The minimum Gasteiger partial charge on any atom is -0.396 e. The van der Waals surface area contributed by atoms with Crippen LogP contribution < -0.4 is 0 Å². The van der Waals surface area contributed by atoms with Crippen molar-refractivity contribution in [2.24, 2.45) is 5.92 Å². The molecule has 1 aliphatic heterocycles. The molecule has 7 heteroatoms. The zero-order chi connectivity index (χ0) is 17.0. The number of aliphatic hydroxyl groups excluding tert-OH is 1. The van der Waals surface area contributed by atoms with E-state index >= 15 is 0 Å². The van der Waals surface area contributed by atoms with E-state index in [1.807, 2.05) is 0 Å². The van der Waals surface area contributed by atoms with E-state index in [4.69, 9.17) is 16.7 Å². The number of aliphatic hydroxyl groups is 1. The number of alkyl halides is 3. The van der Waals surface area contributed by atoms with Crippen molar-refractivity contribution in [3.05, 3.63) is 40.9 Å². The number of allylic oxidation sites excluding steroid dienone is 1. The lowest BCUT2D eigenvalue weighted by molar-refractivity contribution is -0.128. The zero-order valence-electron chi connectivity index (χ0n) is 12.3. The normalized spacial score (nSPS) is 19.8. The molecule has 1 fully saturated rings. The van der Waals surface area contributed by atoms with Crippen LogP contribution in [0.1, 0.15) is 18.4 Å². The molecule has 1 aromatic rings. The van der Waals surface area contributed by atoms with Gasteiger partial charge in [0.15, 0.2) is 0 Å². The SMILES string of the molecule is O=C(/C=C(/c1ccc(Cl)cc1)C(F)(F)F)N1CCCC(CO)C1. The molecule has 0 aromatic heterocycles. The molecule has 0 aliphatic carbocycles. The lowest BCUT2D eigenvalue weighted by atomic mass is 9.98. The predicted molar refractivity (Wildman–Crippen MR) is 81.9 cm³/mol. The number of likely N-dealkylation sites (tertiary alicyclic amines) is 1. The van der Waals surface area contributed by atoms with Crippen LogP contribution in [0.3, 0.4) is 0 Å². The lowest BCUT2D eigenvalue weighted by Crippen LogP contribution is -2.40. The predicted octanol–water partition coefficient (Wildman–Crippen LogP) is 3.52. The highest BCUT2D eigenvalue weighted by atomic mass is 35.5. The molecular formula is C16H17ClF3NO2. The van der Waals surface area contributed by atoms with Crippen LogP contribution in [0.5, 0.6) is 0 Å². The molecule has 1 amide bonds. The topological polar surface area (TPSA) is 40.5 Å². The van der Waals surface area contributed by atoms with Gasteiger partial charge in [0.1, 0.15) is 0 Å². The molecule has 0 radical (unpaired) electrons.